The molecule has 3 aromatic rings. The van der Waals surface area contributed by atoms with Gasteiger partial charge >= 0.3 is 6.18 Å². The topological polar surface area (TPSA) is 63.4 Å². The number of halogens is 4. The summed E-state index contributed by atoms with van der Waals surface area (Å²) in [4.78, 5) is 22.3. The van der Waals surface area contributed by atoms with Gasteiger partial charge in [-0.25, -0.2) is 9.50 Å². The van der Waals surface area contributed by atoms with E-state index >= 15 is 0 Å². The Morgan fingerprint density at radius 3 is 2.73 bits per heavy atom. The fraction of sp³-hybridized carbons (Fsp3) is 0.400. The fourth-order valence-electron chi connectivity index (χ4n) is 4.31. The van der Waals surface area contributed by atoms with Crippen molar-refractivity contribution in [2.45, 2.75) is 43.7 Å². The van der Waals surface area contributed by atoms with E-state index in [1.807, 2.05) is 0 Å². The van der Waals surface area contributed by atoms with E-state index in [1.54, 1.807) is 49.1 Å². The highest BCUT2D eigenvalue weighted by Gasteiger charge is 2.49. The predicted octanol–water partition coefficient (Wildman–Crippen LogP) is 4.24. The normalized spacial score (nSPS) is 22.6. The molecular formula is C20H17ClF3N5O. The van der Waals surface area contributed by atoms with Gasteiger partial charge in [-0.2, -0.15) is 18.3 Å². The summed E-state index contributed by atoms with van der Waals surface area (Å²) in [5, 5.41) is 4.51. The molecule has 1 aliphatic heterocycles. The summed E-state index contributed by atoms with van der Waals surface area (Å²) < 4.78 is 40.9. The number of imidazole rings is 1. The summed E-state index contributed by atoms with van der Waals surface area (Å²) in [5.41, 5.74) is 2.04. The average molecular weight is 436 g/mol. The molecule has 0 aromatic carbocycles. The Morgan fingerprint density at radius 1 is 1.23 bits per heavy atom. The summed E-state index contributed by atoms with van der Waals surface area (Å²) in [5.74, 6) is -0.468. The number of carbonyl (C=O) groups is 1. The standard InChI is InChI=1S/C20H17ClF3N5O/c1-19(2)13-8-26-14(7-15(13)28(18(19)30)9-20(22,23)24)11-5-10(11)12-6-16(21)27-29-4-3-25-17(12)29/h3-4,6-8,10-11H,5,9H2,1-2H3. The van der Waals surface area contributed by atoms with Gasteiger partial charge in [0.15, 0.2) is 5.65 Å². The first-order valence-electron chi connectivity index (χ1n) is 9.45. The van der Waals surface area contributed by atoms with Crippen LogP contribution in [0.1, 0.15) is 48.9 Å². The van der Waals surface area contributed by atoms with Crippen LogP contribution in [-0.4, -0.2) is 38.2 Å². The van der Waals surface area contributed by atoms with Crippen LogP contribution in [0, 0.1) is 0 Å². The molecule has 30 heavy (non-hydrogen) atoms. The van der Waals surface area contributed by atoms with Crippen LogP contribution >= 0.6 is 11.6 Å². The molecule has 2 atom stereocenters. The molecule has 6 nitrogen and oxygen atoms in total. The maximum absolute atomic E-state index is 13.1. The van der Waals surface area contributed by atoms with Crippen molar-refractivity contribution in [3.05, 3.63) is 52.7 Å². The minimum Gasteiger partial charge on any atom is -0.302 e. The van der Waals surface area contributed by atoms with E-state index in [0.29, 0.717) is 22.1 Å². The lowest BCUT2D eigenvalue weighted by Gasteiger charge is -2.21. The molecule has 5 rings (SSSR count). The number of aromatic nitrogens is 4. The van der Waals surface area contributed by atoms with E-state index in [4.69, 9.17) is 11.6 Å². The van der Waals surface area contributed by atoms with E-state index in [-0.39, 0.29) is 17.5 Å². The van der Waals surface area contributed by atoms with Crippen LogP contribution in [0.2, 0.25) is 5.15 Å². The van der Waals surface area contributed by atoms with Gasteiger partial charge in [0.25, 0.3) is 0 Å². The molecule has 1 saturated carbocycles. The molecule has 0 N–H and O–H groups in total. The molecule has 0 saturated heterocycles. The second kappa shape index (κ2) is 6.16. The Balaban J connectivity index is 1.51. The van der Waals surface area contributed by atoms with E-state index in [1.165, 1.54) is 0 Å². The lowest BCUT2D eigenvalue weighted by atomic mass is 9.87. The van der Waals surface area contributed by atoms with Crippen molar-refractivity contribution in [2.24, 2.45) is 0 Å². The van der Waals surface area contributed by atoms with Gasteiger partial charge in [-0.1, -0.05) is 11.6 Å². The van der Waals surface area contributed by atoms with Gasteiger partial charge in [0, 0.05) is 41.3 Å². The van der Waals surface area contributed by atoms with Gasteiger partial charge < -0.3 is 4.90 Å². The number of hydrogen-bond donors (Lipinski definition) is 0. The first-order valence-corrected chi connectivity index (χ1v) is 9.83. The minimum atomic E-state index is -4.49. The predicted molar refractivity (Wildman–Crippen MR) is 104 cm³/mol. The average Bonchev–Trinajstić information content (AvgIpc) is 3.28. The molecule has 2 unspecified atom stereocenters. The third-order valence-electron chi connectivity index (χ3n) is 5.91. The number of fused-ring (bicyclic) bond motifs is 2. The molecule has 0 radical (unpaired) electrons. The Morgan fingerprint density at radius 2 is 2.00 bits per heavy atom. The van der Waals surface area contributed by atoms with Crippen molar-refractivity contribution >= 4 is 28.8 Å². The molecule has 2 aliphatic rings. The highest BCUT2D eigenvalue weighted by molar-refractivity contribution is 6.29. The molecule has 1 amide bonds. The first-order chi connectivity index (χ1) is 14.1. The smallest absolute Gasteiger partial charge is 0.302 e. The van der Waals surface area contributed by atoms with Gasteiger partial charge in [-0.15, -0.1) is 0 Å². The van der Waals surface area contributed by atoms with Crippen LogP contribution in [-0.2, 0) is 10.2 Å². The van der Waals surface area contributed by atoms with Gasteiger partial charge in [0.05, 0.1) is 11.1 Å². The molecule has 0 spiro atoms. The number of hydrogen-bond acceptors (Lipinski definition) is 4. The van der Waals surface area contributed by atoms with Gasteiger partial charge in [0.2, 0.25) is 5.91 Å². The number of amides is 1. The number of alkyl halides is 3. The lowest BCUT2D eigenvalue weighted by molar-refractivity contribution is -0.134. The van der Waals surface area contributed by atoms with Gasteiger partial charge in [0.1, 0.15) is 11.7 Å². The van der Waals surface area contributed by atoms with E-state index in [9.17, 15) is 18.0 Å². The quantitative estimate of drug-likeness (QED) is 0.617. The van der Waals surface area contributed by atoms with Crippen molar-refractivity contribution in [1.29, 1.82) is 0 Å². The van der Waals surface area contributed by atoms with Crippen LogP contribution < -0.4 is 4.90 Å². The summed E-state index contributed by atoms with van der Waals surface area (Å²) in [6, 6.07) is 3.40. The monoisotopic (exact) mass is 435 g/mol. The van der Waals surface area contributed by atoms with Crippen LogP contribution in [0.15, 0.2) is 30.7 Å². The zero-order chi connectivity index (χ0) is 21.4. The van der Waals surface area contributed by atoms with Gasteiger partial charge in [-0.05, 0) is 38.3 Å². The molecule has 0 bridgehead atoms. The molecule has 156 valence electrons. The van der Waals surface area contributed by atoms with E-state index < -0.39 is 24.0 Å². The third kappa shape index (κ3) is 2.94. The second-order valence-electron chi connectivity index (χ2n) is 8.32. The summed E-state index contributed by atoms with van der Waals surface area (Å²) in [7, 11) is 0. The largest absolute Gasteiger partial charge is 0.406 e. The SMILES string of the molecule is CC1(C)C(=O)N(CC(F)(F)F)c2cc(C3CC3c3cc(Cl)nn4ccnc34)ncc21. The van der Waals surface area contributed by atoms with Crippen molar-refractivity contribution in [3.63, 3.8) is 0 Å². The number of anilines is 1. The summed E-state index contributed by atoms with van der Waals surface area (Å²) >= 11 is 6.13. The Hall–Kier alpha value is -2.68. The molecule has 3 aromatic heterocycles. The third-order valence-corrected chi connectivity index (χ3v) is 6.10. The van der Waals surface area contributed by atoms with Crippen LogP contribution in [0.5, 0.6) is 0 Å². The Labute approximate surface area is 174 Å². The molecular weight excluding hydrogens is 419 g/mol. The Bertz CT molecular complexity index is 1190. The molecule has 10 heteroatoms. The number of rotatable bonds is 3. The van der Waals surface area contributed by atoms with Crippen molar-refractivity contribution in [3.8, 4) is 0 Å². The van der Waals surface area contributed by atoms with Crippen molar-refractivity contribution in [1.82, 2.24) is 19.6 Å². The number of carbonyl (C=O) groups excluding carboxylic acids is 1. The van der Waals surface area contributed by atoms with Crippen LogP contribution in [0.25, 0.3) is 5.65 Å². The summed E-state index contributed by atoms with van der Waals surface area (Å²) in [6.45, 7) is 1.94. The van der Waals surface area contributed by atoms with Crippen molar-refractivity contribution < 1.29 is 18.0 Å². The zero-order valence-electron chi connectivity index (χ0n) is 16.1. The van der Waals surface area contributed by atoms with E-state index in [0.717, 1.165) is 16.9 Å². The fourth-order valence-corrected chi connectivity index (χ4v) is 4.51. The summed E-state index contributed by atoms with van der Waals surface area (Å²) in [6.07, 6.45) is 1.16. The first kappa shape index (κ1) is 19.3. The van der Waals surface area contributed by atoms with Crippen LogP contribution in [0.3, 0.4) is 0 Å². The number of pyridine rings is 1. The lowest BCUT2D eigenvalue weighted by Crippen LogP contribution is -2.41. The van der Waals surface area contributed by atoms with Crippen LogP contribution in [0.4, 0.5) is 18.9 Å². The highest BCUT2D eigenvalue weighted by Crippen LogP contribution is 2.56. The molecule has 1 aliphatic carbocycles. The van der Waals surface area contributed by atoms with E-state index in [2.05, 4.69) is 15.1 Å². The second-order valence-corrected chi connectivity index (χ2v) is 8.71. The highest BCUT2D eigenvalue weighted by atomic mass is 35.5. The Kier molecular flexibility index (Phi) is 3.96. The number of nitrogens with zero attached hydrogens (tertiary/aromatic N) is 5. The molecule has 1 fully saturated rings. The maximum atomic E-state index is 13.1. The maximum Gasteiger partial charge on any atom is 0.406 e. The zero-order valence-corrected chi connectivity index (χ0v) is 16.9. The molecule has 4 heterocycles. The minimum absolute atomic E-state index is 0.0146. The van der Waals surface area contributed by atoms with Gasteiger partial charge in [-0.3, -0.25) is 9.78 Å². The van der Waals surface area contributed by atoms with Crippen molar-refractivity contribution in [2.75, 3.05) is 11.4 Å².